The van der Waals surface area contributed by atoms with Gasteiger partial charge in [-0.25, -0.2) is 8.42 Å². The fraction of sp³-hybridized carbons (Fsp3) is 0.333. The first-order valence-electron chi connectivity index (χ1n) is 13.4. The van der Waals surface area contributed by atoms with Gasteiger partial charge in [0.15, 0.2) is 11.5 Å². The summed E-state index contributed by atoms with van der Waals surface area (Å²) < 4.78 is 38.6. The Bertz CT molecular complexity index is 1500. The maximum Gasteiger partial charge on any atom is 0.257 e. The molecule has 0 spiro atoms. The number of hydrogen-bond acceptors (Lipinski definition) is 6. The Morgan fingerprint density at radius 2 is 1.56 bits per heavy atom. The molecule has 0 saturated carbocycles. The Balaban J connectivity index is 1.46. The number of nitrogens with one attached hydrogen (secondary N) is 2. The van der Waals surface area contributed by atoms with E-state index in [0.29, 0.717) is 37.6 Å². The third kappa shape index (κ3) is 7.38. The van der Waals surface area contributed by atoms with Crippen molar-refractivity contribution >= 4 is 39.1 Å². The van der Waals surface area contributed by atoms with Gasteiger partial charge in [-0.3, -0.25) is 9.59 Å². The lowest BCUT2D eigenvalue weighted by Crippen LogP contribution is -2.32. The van der Waals surface area contributed by atoms with Gasteiger partial charge in [-0.1, -0.05) is 42.6 Å². The number of carbonyl (C=O) groups is 2. The van der Waals surface area contributed by atoms with E-state index in [1.807, 2.05) is 12.1 Å². The van der Waals surface area contributed by atoms with E-state index in [1.165, 1.54) is 22.5 Å². The van der Waals surface area contributed by atoms with Gasteiger partial charge in [-0.2, -0.15) is 4.31 Å². The fourth-order valence-electron chi connectivity index (χ4n) is 4.70. The van der Waals surface area contributed by atoms with Crippen LogP contribution in [0.3, 0.4) is 0 Å². The van der Waals surface area contributed by atoms with Gasteiger partial charge >= 0.3 is 0 Å². The standard InChI is InChI=1S/C30H34ClN3O6S/c1-39-27-14-11-21(19-28(27)40-2)15-16-32-29(35)23-9-5-6-10-26(23)33-30(36)24-20-22(12-13-25(24)31)41(37,38)34-17-7-3-4-8-18-34/h5-6,9-14,19-20H,3-4,7-8,15-18H2,1-2H3,(H,32,35)(H,33,36). The van der Waals surface area contributed by atoms with Crippen LogP contribution < -0.4 is 20.1 Å². The van der Waals surface area contributed by atoms with Gasteiger partial charge in [0, 0.05) is 19.6 Å². The number of nitrogens with zero attached hydrogens (tertiary/aromatic N) is 1. The predicted molar refractivity (Wildman–Crippen MR) is 159 cm³/mol. The molecule has 1 saturated heterocycles. The second-order valence-corrected chi connectivity index (χ2v) is 12.0. The number of ether oxygens (including phenoxy) is 2. The number of sulfonamides is 1. The molecule has 2 N–H and O–H groups in total. The lowest BCUT2D eigenvalue weighted by atomic mass is 10.1. The number of methoxy groups -OCH3 is 2. The van der Waals surface area contributed by atoms with Gasteiger partial charge in [0.1, 0.15) is 0 Å². The molecule has 4 rings (SSSR count). The van der Waals surface area contributed by atoms with Crippen LogP contribution in [0.25, 0.3) is 0 Å². The molecule has 0 aromatic heterocycles. The highest BCUT2D eigenvalue weighted by Gasteiger charge is 2.27. The maximum absolute atomic E-state index is 13.3. The molecule has 3 aromatic rings. The summed E-state index contributed by atoms with van der Waals surface area (Å²) in [4.78, 5) is 26.3. The molecule has 1 heterocycles. The van der Waals surface area contributed by atoms with Crippen LogP contribution in [0.4, 0.5) is 5.69 Å². The molecule has 0 aliphatic carbocycles. The van der Waals surface area contributed by atoms with Gasteiger partial charge < -0.3 is 20.1 Å². The van der Waals surface area contributed by atoms with Crippen molar-refractivity contribution in [2.75, 3.05) is 39.2 Å². The molecule has 3 aromatic carbocycles. The molecule has 0 atom stereocenters. The molecule has 2 amide bonds. The van der Waals surface area contributed by atoms with Crippen LogP contribution in [0, 0.1) is 0 Å². The monoisotopic (exact) mass is 599 g/mol. The van der Waals surface area contributed by atoms with E-state index >= 15 is 0 Å². The van der Waals surface area contributed by atoms with E-state index in [9.17, 15) is 18.0 Å². The van der Waals surface area contributed by atoms with Gasteiger partial charge in [0.05, 0.1) is 41.0 Å². The summed E-state index contributed by atoms with van der Waals surface area (Å²) in [7, 11) is -0.650. The summed E-state index contributed by atoms with van der Waals surface area (Å²) in [5.74, 6) is 0.236. The molecule has 0 unspecified atom stereocenters. The minimum Gasteiger partial charge on any atom is -0.493 e. The molecule has 1 aliphatic rings. The molecule has 0 bridgehead atoms. The summed E-state index contributed by atoms with van der Waals surface area (Å²) in [6.07, 6.45) is 4.13. The SMILES string of the molecule is COc1ccc(CCNC(=O)c2ccccc2NC(=O)c2cc(S(=O)(=O)N3CCCCCC3)ccc2Cl)cc1OC. The number of amides is 2. The van der Waals surface area contributed by atoms with E-state index in [0.717, 1.165) is 31.2 Å². The zero-order chi connectivity index (χ0) is 29.4. The van der Waals surface area contributed by atoms with Crippen LogP contribution in [0.2, 0.25) is 5.02 Å². The lowest BCUT2D eigenvalue weighted by molar-refractivity contribution is 0.0955. The van der Waals surface area contributed by atoms with Crippen LogP contribution >= 0.6 is 11.6 Å². The highest BCUT2D eigenvalue weighted by Crippen LogP contribution is 2.28. The number of hydrogen-bond donors (Lipinski definition) is 2. The Labute approximate surface area is 245 Å². The summed E-state index contributed by atoms with van der Waals surface area (Å²) in [6.45, 7) is 1.24. The van der Waals surface area contributed by atoms with Crippen molar-refractivity contribution in [3.05, 3.63) is 82.4 Å². The van der Waals surface area contributed by atoms with Gasteiger partial charge in [0.25, 0.3) is 11.8 Å². The number of anilines is 1. The average molecular weight is 600 g/mol. The van der Waals surface area contributed by atoms with Crippen LogP contribution in [0.15, 0.2) is 65.6 Å². The van der Waals surface area contributed by atoms with E-state index in [-0.39, 0.29) is 32.6 Å². The van der Waals surface area contributed by atoms with Crippen molar-refractivity contribution in [3.8, 4) is 11.5 Å². The zero-order valence-electron chi connectivity index (χ0n) is 23.1. The van der Waals surface area contributed by atoms with E-state index < -0.39 is 15.9 Å². The highest BCUT2D eigenvalue weighted by atomic mass is 35.5. The molecule has 0 radical (unpaired) electrons. The molecule has 1 fully saturated rings. The number of rotatable bonds is 10. The fourth-order valence-corrected chi connectivity index (χ4v) is 6.45. The molecular formula is C30H34ClN3O6S. The van der Waals surface area contributed by atoms with Crippen LogP contribution in [0.5, 0.6) is 11.5 Å². The maximum atomic E-state index is 13.3. The first-order valence-corrected chi connectivity index (χ1v) is 15.3. The van der Waals surface area contributed by atoms with Crippen molar-refractivity contribution in [2.45, 2.75) is 37.0 Å². The number of carbonyl (C=O) groups excluding carboxylic acids is 2. The number of benzene rings is 3. The first kappa shape index (κ1) is 30.4. The van der Waals surface area contributed by atoms with Crippen molar-refractivity contribution in [3.63, 3.8) is 0 Å². The number of para-hydroxylation sites is 1. The Hall–Kier alpha value is -3.60. The minimum absolute atomic E-state index is 0.00577. The topological polar surface area (TPSA) is 114 Å². The molecule has 1 aliphatic heterocycles. The molecule has 11 heteroatoms. The largest absolute Gasteiger partial charge is 0.493 e. The summed E-state index contributed by atoms with van der Waals surface area (Å²) in [5, 5.41) is 5.71. The second kappa shape index (κ2) is 13.8. The van der Waals surface area contributed by atoms with Crippen molar-refractivity contribution in [1.82, 2.24) is 9.62 Å². The summed E-state index contributed by atoms with van der Waals surface area (Å²) >= 11 is 6.32. The minimum atomic E-state index is -3.78. The molecular weight excluding hydrogens is 566 g/mol. The van der Waals surface area contributed by atoms with E-state index in [4.69, 9.17) is 21.1 Å². The van der Waals surface area contributed by atoms with Gasteiger partial charge in [-0.15, -0.1) is 0 Å². The molecule has 218 valence electrons. The smallest absolute Gasteiger partial charge is 0.257 e. The third-order valence-corrected chi connectivity index (χ3v) is 9.18. The molecule has 9 nitrogen and oxygen atoms in total. The lowest BCUT2D eigenvalue weighted by Gasteiger charge is -2.20. The zero-order valence-corrected chi connectivity index (χ0v) is 24.7. The number of halogens is 1. The Morgan fingerprint density at radius 1 is 0.854 bits per heavy atom. The summed E-state index contributed by atoms with van der Waals surface area (Å²) in [5.41, 5.74) is 1.50. The normalized spacial score (nSPS) is 14.1. The quantitative estimate of drug-likeness (QED) is 0.333. The van der Waals surface area contributed by atoms with Crippen molar-refractivity contribution < 1.29 is 27.5 Å². The van der Waals surface area contributed by atoms with Crippen molar-refractivity contribution in [2.24, 2.45) is 0 Å². The Kier molecular flexibility index (Phi) is 10.3. The van der Waals surface area contributed by atoms with Gasteiger partial charge in [-0.05, 0) is 67.3 Å². The third-order valence-electron chi connectivity index (χ3n) is 6.95. The average Bonchev–Trinajstić information content (AvgIpc) is 3.28. The first-order chi connectivity index (χ1) is 19.7. The second-order valence-electron chi connectivity index (χ2n) is 9.65. The Morgan fingerprint density at radius 3 is 2.27 bits per heavy atom. The predicted octanol–water partition coefficient (Wildman–Crippen LogP) is 5.15. The highest BCUT2D eigenvalue weighted by molar-refractivity contribution is 7.89. The van der Waals surface area contributed by atoms with E-state index in [1.54, 1.807) is 44.6 Å². The van der Waals surface area contributed by atoms with E-state index in [2.05, 4.69) is 10.6 Å². The summed E-state index contributed by atoms with van der Waals surface area (Å²) in [6, 6.07) is 16.3. The van der Waals surface area contributed by atoms with Crippen LogP contribution in [0.1, 0.15) is 52.0 Å². The van der Waals surface area contributed by atoms with Crippen LogP contribution in [-0.2, 0) is 16.4 Å². The van der Waals surface area contributed by atoms with Crippen molar-refractivity contribution in [1.29, 1.82) is 0 Å². The van der Waals surface area contributed by atoms with Gasteiger partial charge in [0.2, 0.25) is 10.0 Å². The van der Waals surface area contributed by atoms with Crippen LogP contribution in [-0.4, -0.2) is 58.4 Å². The molecule has 41 heavy (non-hydrogen) atoms.